The minimum atomic E-state index is -0.382. The van der Waals surface area contributed by atoms with Crippen LogP contribution in [0.3, 0.4) is 0 Å². The van der Waals surface area contributed by atoms with Crippen molar-refractivity contribution in [3.8, 4) is 11.3 Å². The predicted octanol–water partition coefficient (Wildman–Crippen LogP) is 0.851. The largest absolute Gasteiger partial charge is 0.354 e. The summed E-state index contributed by atoms with van der Waals surface area (Å²) in [4.78, 5) is 25.0. The molecule has 1 aliphatic heterocycles. The fourth-order valence-corrected chi connectivity index (χ4v) is 2.32. The first-order valence-electron chi connectivity index (χ1n) is 7.12. The number of carbonyl (C=O) groups excluding carboxylic acids is 2. The number of piperazine rings is 1. The first kappa shape index (κ1) is 15.2. The third-order valence-electron chi connectivity index (χ3n) is 3.37. The smallest absolute Gasteiger partial charge is 0.239 e. The molecule has 0 radical (unpaired) electrons. The van der Waals surface area contributed by atoms with Gasteiger partial charge >= 0.3 is 0 Å². The van der Waals surface area contributed by atoms with Crippen molar-refractivity contribution >= 4 is 17.6 Å². The lowest BCUT2D eigenvalue weighted by Gasteiger charge is -2.25. The second-order valence-electron chi connectivity index (χ2n) is 5.20. The number of nitrogens with zero attached hydrogens (tertiary/aromatic N) is 2. The van der Waals surface area contributed by atoms with Gasteiger partial charge in [0.25, 0.3) is 0 Å². The third kappa shape index (κ3) is 3.92. The minimum absolute atomic E-state index is 0.0928. The highest BCUT2D eigenvalue weighted by Gasteiger charge is 2.19. The van der Waals surface area contributed by atoms with Crippen LogP contribution < -0.4 is 10.6 Å². The summed E-state index contributed by atoms with van der Waals surface area (Å²) in [6.07, 6.45) is 0. The lowest BCUT2D eigenvalue weighted by molar-refractivity contribution is -0.125. The topological polar surface area (TPSA) is 87.5 Å². The number of hydrogen-bond acceptors (Lipinski definition) is 5. The molecule has 1 saturated heterocycles. The van der Waals surface area contributed by atoms with Crippen LogP contribution in [-0.4, -0.2) is 48.0 Å². The van der Waals surface area contributed by atoms with E-state index in [1.54, 1.807) is 17.0 Å². The number of hydrogen-bond donors (Lipinski definition) is 2. The summed E-state index contributed by atoms with van der Waals surface area (Å²) in [6, 6.07) is 7.42. The molecule has 2 aromatic rings. The molecule has 2 heterocycles. The van der Waals surface area contributed by atoms with Gasteiger partial charge in [-0.3, -0.25) is 14.5 Å². The van der Waals surface area contributed by atoms with Crippen LogP contribution in [0, 0.1) is 5.82 Å². The van der Waals surface area contributed by atoms with Crippen molar-refractivity contribution in [1.82, 2.24) is 15.4 Å². The first-order chi connectivity index (χ1) is 11.1. The van der Waals surface area contributed by atoms with E-state index < -0.39 is 0 Å². The molecule has 1 aliphatic rings. The van der Waals surface area contributed by atoms with Gasteiger partial charge < -0.3 is 15.2 Å². The molecule has 8 heteroatoms. The summed E-state index contributed by atoms with van der Waals surface area (Å²) >= 11 is 0. The number of halogens is 1. The van der Waals surface area contributed by atoms with Crippen molar-refractivity contribution in [1.29, 1.82) is 0 Å². The van der Waals surface area contributed by atoms with Crippen LogP contribution in [0.2, 0.25) is 0 Å². The Morgan fingerprint density at radius 1 is 1.43 bits per heavy atom. The van der Waals surface area contributed by atoms with E-state index in [0.29, 0.717) is 24.4 Å². The highest BCUT2D eigenvalue weighted by Crippen LogP contribution is 2.22. The lowest BCUT2D eigenvalue weighted by atomic mass is 10.2. The number of rotatable bonds is 4. The van der Waals surface area contributed by atoms with Gasteiger partial charge in [-0.1, -0.05) is 17.3 Å². The zero-order valence-electron chi connectivity index (χ0n) is 12.2. The quantitative estimate of drug-likeness (QED) is 0.873. The molecule has 1 aromatic heterocycles. The molecule has 1 fully saturated rings. The van der Waals surface area contributed by atoms with E-state index in [9.17, 15) is 14.0 Å². The van der Waals surface area contributed by atoms with Crippen molar-refractivity contribution in [3.63, 3.8) is 0 Å². The van der Waals surface area contributed by atoms with E-state index in [4.69, 9.17) is 4.52 Å². The van der Waals surface area contributed by atoms with Gasteiger partial charge in [-0.05, 0) is 12.1 Å². The van der Waals surface area contributed by atoms with Crippen LogP contribution in [0.4, 0.5) is 10.2 Å². The van der Waals surface area contributed by atoms with E-state index in [1.807, 2.05) is 0 Å². The van der Waals surface area contributed by atoms with Gasteiger partial charge in [-0.15, -0.1) is 0 Å². The molecular weight excluding hydrogens is 303 g/mol. The van der Waals surface area contributed by atoms with Crippen LogP contribution in [0.5, 0.6) is 0 Å². The van der Waals surface area contributed by atoms with E-state index in [2.05, 4.69) is 15.8 Å². The Kier molecular flexibility index (Phi) is 4.33. The van der Waals surface area contributed by atoms with E-state index >= 15 is 0 Å². The zero-order chi connectivity index (χ0) is 16.2. The Bertz CT molecular complexity index is 731. The van der Waals surface area contributed by atoms with Gasteiger partial charge in [0.2, 0.25) is 11.8 Å². The van der Waals surface area contributed by atoms with Gasteiger partial charge in [0.15, 0.2) is 11.6 Å². The minimum Gasteiger partial charge on any atom is -0.354 e. The molecule has 2 N–H and O–H groups in total. The maximum atomic E-state index is 13.2. The second-order valence-corrected chi connectivity index (χ2v) is 5.20. The van der Waals surface area contributed by atoms with Gasteiger partial charge in [0, 0.05) is 24.7 Å². The number of benzene rings is 1. The summed E-state index contributed by atoms with van der Waals surface area (Å²) < 4.78 is 18.3. The van der Waals surface area contributed by atoms with Crippen molar-refractivity contribution in [3.05, 3.63) is 36.1 Å². The maximum absolute atomic E-state index is 13.2. The standard InChI is InChI=1S/C15H15FN4O3/c16-11-3-1-2-10(6-11)12-7-13(19-23-12)18-15(22)9-20-5-4-17-14(21)8-20/h1-3,6-7H,4-5,8-9H2,(H,17,21)(H,18,19,22). The zero-order valence-corrected chi connectivity index (χ0v) is 12.2. The SMILES string of the molecule is O=C1CN(CC(=O)Nc2cc(-c3cccc(F)c3)on2)CCN1. The molecule has 23 heavy (non-hydrogen) atoms. The van der Waals surface area contributed by atoms with E-state index in [-0.39, 0.29) is 36.5 Å². The Morgan fingerprint density at radius 2 is 2.30 bits per heavy atom. The molecule has 0 atom stereocenters. The molecule has 0 saturated carbocycles. The summed E-state index contributed by atoms with van der Waals surface area (Å²) in [6.45, 7) is 1.43. The van der Waals surface area contributed by atoms with Crippen LogP contribution in [-0.2, 0) is 9.59 Å². The van der Waals surface area contributed by atoms with Crippen LogP contribution in [0.15, 0.2) is 34.9 Å². The Morgan fingerprint density at radius 3 is 3.09 bits per heavy atom. The molecule has 0 aliphatic carbocycles. The van der Waals surface area contributed by atoms with Crippen LogP contribution in [0.1, 0.15) is 0 Å². The lowest BCUT2D eigenvalue weighted by Crippen LogP contribution is -2.49. The summed E-state index contributed by atoms with van der Waals surface area (Å²) in [5.41, 5.74) is 0.533. The van der Waals surface area contributed by atoms with Crippen molar-refractivity contribution in [2.75, 3.05) is 31.5 Å². The molecular formula is C15H15FN4O3. The molecule has 0 unspecified atom stereocenters. The molecule has 0 bridgehead atoms. The summed E-state index contributed by atoms with van der Waals surface area (Å²) in [7, 11) is 0. The molecule has 3 rings (SSSR count). The molecule has 0 spiro atoms. The van der Waals surface area contributed by atoms with Gasteiger partial charge in [0.1, 0.15) is 5.82 Å². The average molecular weight is 318 g/mol. The van der Waals surface area contributed by atoms with Crippen LogP contribution in [0.25, 0.3) is 11.3 Å². The third-order valence-corrected chi connectivity index (χ3v) is 3.37. The van der Waals surface area contributed by atoms with Gasteiger partial charge in [0.05, 0.1) is 13.1 Å². The average Bonchev–Trinajstić information content (AvgIpc) is 2.95. The van der Waals surface area contributed by atoms with Gasteiger partial charge in [-0.25, -0.2) is 4.39 Å². The Hall–Kier alpha value is -2.74. The fourth-order valence-electron chi connectivity index (χ4n) is 2.32. The van der Waals surface area contributed by atoms with Gasteiger partial charge in [-0.2, -0.15) is 0 Å². The monoisotopic (exact) mass is 318 g/mol. The van der Waals surface area contributed by atoms with Crippen molar-refractivity contribution in [2.45, 2.75) is 0 Å². The van der Waals surface area contributed by atoms with Crippen molar-refractivity contribution in [2.24, 2.45) is 0 Å². The first-order valence-corrected chi connectivity index (χ1v) is 7.12. The number of carbonyl (C=O) groups is 2. The highest BCUT2D eigenvalue weighted by molar-refractivity contribution is 5.92. The number of anilines is 1. The molecule has 2 amide bonds. The van der Waals surface area contributed by atoms with E-state index in [0.717, 1.165) is 0 Å². The molecule has 7 nitrogen and oxygen atoms in total. The highest BCUT2D eigenvalue weighted by atomic mass is 19.1. The second kappa shape index (κ2) is 6.57. The predicted molar refractivity (Wildman–Crippen MR) is 80.0 cm³/mol. The Balaban J connectivity index is 1.60. The Labute approximate surface area is 131 Å². The van der Waals surface area contributed by atoms with Crippen LogP contribution >= 0.6 is 0 Å². The number of amides is 2. The van der Waals surface area contributed by atoms with Crippen molar-refractivity contribution < 1.29 is 18.5 Å². The molecule has 120 valence electrons. The fraction of sp³-hybridized carbons (Fsp3) is 0.267. The molecule has 1 aromatic carbocycles. The maximum Gasteiger partial charge on any atom is 0.239 e. The number of aromatic nitrogens is 1. The summed E-state index contributed by atoms with van der Waals surface area (Å²) in [5.74, 6) is -0.168. The number of nitrogens with one attached hydrogen (secondary N) is 2. The normalized spacial score (nSPS) is 15.3. The van der Waals surface area contributed by atoms with E-state index in [1.165, 1.54) is 18.2 Å². The summed E-state index contributed by atoms with van der Waals surface area (Å²) in [5, 5.41) is 9.03.